The summed E-state index contributed by atoms with van der Waals surface area (Å²) in [5.41, 5.74) is 2.60. The highest BCUT2D eigenvalue weighted by Gasteiger charge is 2.22. The average Bonchev–Trinajstić information content (AvgIpc) is 3.04. The van der Waals surface area contributed by atoms with Crippen LogP contribution in [0.2, 0.25) is 0 Å². The van der Waals surface area contributed by atoms with E-state index in [1.165, 1.54) is 10.5 Å². The quantitative estimate of drug-likeness (QED) is 0.782. The number of halogens is 1. The third-order valence-corrected chi connectivity index (χ3v) is 5.34. The molecule has 2 atom stereocenters. The minimum absolute atomic E-state index is 0.0854. The Balaban J connectivity index is 1.66. The van der Waals surface area contributed by atoms with Gasteiger partial charge in [0.2, 0.25) is 0 Å². The molecule has 19 heavy (non-hydrogen) atoms. The van der Waals surface area contributed by atoms with E-state index in [1.807, 2.05) is 22.6 Å². The molecule has 4 heteroatoms. The Morgan fingerprint density at radius 2 is 2.32 bits per heavy atom. The van der Waals surface area contributed by atoms with Crippen molar-refractivity contribution in [1.29, 1.82) is 0 Å². The fourth-order valence-corrected chi connectivity index (χ4v) is 3.86. The number of fused-ring (bicyclic) bond motifs is 1. The van der Waals surface area contributed by atoms with Crippen LogP contribution in [-0.2, 0) is 13.0 Å². The van der Waals surface area contributed by atoms with Crippen LogP contribution in [0, 0.1) is 0 Å². The molecule has 0 amide bonds. The highest BCUT2D eigenvalue weighted by Crippen LogP contribution is 2.37. The Morgan fingerprint density at radius 1 is 1.47 bits per heavy atom. The van der Waals surface area contributed by atoms with Crippen molar-refractivity contribution in [2.24, 2.45) is 0 Å². The number of aromatic nitrogens is 2. The molecular formula is C15H17ClN2S. The van der Waals surface area contributed by atoms with Crippen molar-refractivity contribution >= 4 is 23.4 Å². The number of nitrogens with zero attached hydrogens (tertiary/aromatic N) is 2. The van der Waals surface area contributed by atoms with Crippen LogP contribution in [0.1, 0.15) is 29.8 Å². The zero-order valence-electron chi connectivity index (χ0n) is 10.9. The summed E-state index contributed by atoms with van der Waals surface area (Å²) in [4.78, 5) is 1.42. The predicted octanol–water partition coefficient (Wildman–Crippen LogP) is 4.29. The summed E-state index contributed by atoms with van der Waals surface area (Å²) in [7, 11) is 0. The largest absolute Gasteiger partial charge is 0.271 e. The zero-order valence-corrected chi connectivity index (χ0v) is 12.5. The van der Waals surface area contributed by atoms with Crippen molar-refractivity contribution in [3.8, 4) is 0 Å². The van der Waals surface area contributed by atoms with Crippen LogP contribution in [0.3, 0.4) is 0 Å². The number of hydrogen-bond acceptors (Lipinski definition) is 2. The number of alkyl halides is 1. The Hall–Kier alpha value is -0.930. The minimum atomic E-state index is 0.0854. The van der Waals surface area contributed by atoms with E-state index in [0.717, 1.165) is 24.9 Å². The van der Waals surface area contributed by atoms with Crippen molar-refractivity contribution in [2.75, 3.05) is 0 Å². The maximum atomic E-state index is 6.24. The van der Waals surface area contributed by atoms with Crippen LogP contribution >= 0.6 is 23.4 Å². The van der Waals surface area contributed by atoms with Crippen LogP contribution in [-0.4, -0.2) is 15.0 Å². The van der Waals surface area contributed by atoms with Gasteiger partial charge in [0.15, 0.2) is 0 Å². The van der Waals surface area contributed by atoms with E-state index in [1.54, 1.807) is 0 Å². The van der Waals surface area contributed by atoms with Crippen LogP contribution in [0.25, 0.3) is 0 Å². The molecule has 2 aromatic rings. The summed E-state index contributed by atoms with van der Waals surface area (Å²) in [5, 5.41) is 5.10. The standard InChI is InChI=1S/C15H17ClN2S/c1-2-14(16)12-8-17-18(9-12)10-13-7-11-5-3-4-6-15(11)19-13/h3-6,8-9,13-14H,2,7,10H2,1H3. The molecule has 100 valence electrons. The molecule has 0 fully saturated rings. The van der Waals surface area contributed by atoms with Crippen molar-refractivity contribution in [3.05, 3.63) is 47.8 Å². The fourth-order valence-electron chi connectivity index (χ4n) is 2.44. The van der Waals surface area contributed by atoms with Gasteiger partial charge in [0, 0.05) is 21.9 Å². The van der Waals surface area contributed by atoms with Gasteiger partial charge in [-0.3, -0.25) is 4.68 Å². The molecule has 1 aliphatic rings. The fraction of sp³-hybridized carbons (Fsp3) is 0.400. The first kappa shape index (κ1) is 13.1. The highest BCUT2D eigenvalue weighted by molar-refractivity contribution is 8.00. The van der Waals surface area contributed by atoms with Gasteiger partial charge in [-0.25, -0.2) is 0 Å². The maximum absolute atomic E-state index is 6.24. The van der Waals surface area contributed by atoms with Crippen molar-refractivity contribution in [3.63, 3.8) is 0 Å². The smallest absolute Gasteiger partial charge is 0.0613 e. The molecule has 1 aromatic carbocycles. The molecule has 0 saturated carbocycles. The summed E-state index contributed by atoms with van der Waals surface area (Å²) < 4.78 is 2.03. The Bertz CT molecular complexity index is 542. The van der Waals surface area contributed by atoms with Crippen molar-refractivity contribution < 1.29 is 0 Å². The molecule has 0 saturated heterocycles. The molecule has 1 aromatic heterocycles. The molecule has 0 N–H and O–H groups in total. The van der Waals surface area contributed by atoms with E-state index in [2.05, 4.69) is 42.5 Å². The lowest BCUT2D eigenvalue weighted by Gasteiger charge is -2.08. The summed E-state index contributed by atoms with van der Waals surface area (Å²) in [5.74, 6) is 0. The van der Waals surface area contributed by atoms with Gasteiger partial charge >= 0.3 is 0 Å². The lowest BCUT2D eigenvalue weighted by molar-refractivity contribution is 0.594. The van der Waals surface area contributed by atoms with E-state index in [-0.39, 0.29) is 5.38 Å². The van der Waals surface area contributed by atoms with Gasteiger partial charge in [0.25, 0.3) is 0 Å². The normalized spacial score (nSPS) is 19.4. The van der Waals surface area contributed by atoms with E-state index in [9.17, 15) is 0 Å². The van der Waals surface area contributed by atoms with Crippen LogP contribution in [0.15, 0.2) is 41.6 Å². The summed E-state index contributed by atoms with van der Waals surface area (Å²) in [6.07, 6.45) is 6.06. The van der Waals surface area contributed by atoms with E-state index in [4.69, 9.17) is 11.6 Å². The first-order chi connectivity index (χ1) is 9.26. The lowest BCUT2D eigenvalue weighted by Crippen LogP contribution is -2.12. The lowest BCUT2D eigenvalue weighted by atomic mass is 10.1. The molecule has 2 nitrogen and oxygen atoms in total. The second kappa shape index (κ2) is 5.59. The average molecular weight is 293 g/mol. The van der Waals surface area contributed by atoms with E-state index >= 15 is 0 Å². The Morgan fingerprint density at radius 3 is 3.11 bits per heavy atom. The molecule has 1 aliphatic heterocycles. The topological polar surface area (TPSA) is 17.8 Å². The second-order valence-corrected chi connectivity index (χ2v) is 6.79. The van der Waals surface area contributed by atoms with Crippen LogP contribution in [0.5, 0.6) is 0 Å². The first-order valence-corrected chi connectivity index (χ1v) is 7.99. The third-order valence-electron chi connectivity index (χ3n) is 3.48. The first-order valence-electron chi connectivity index (χ1n) is 6.67. The van der Waals surface area contributed by atoms with Gasteiger partial charge < -0.3 is 0 Å². The van der Waals surface area contributed by atoms with Gasteiger partial charge in [-0.2, -0.15) is 5.10 Å². The molecular weight excluding hydrogens is 276 g/mol. The third kappa shape index (κ3) is 2.82. The molecule has 0 aliphatic carbocycles. The number of thioether (sulfide) groups is 1. The number of benzene rings is 1. The van der Waals surface area contributed by atoms with Gasteiger partial charge in [-0.15, -0.1) is 23.4 Å². The van der Waals surface area contributed by atoms with Gasteiger partial charge in [0.05, 0.1) is 18.1 Å². The van der Waals surface area contributed by atoms with E-state index in [0.29, 0.717) is 5.25 Å². The summed E-state index contributed by atoms with van der Waals surface area (Å²) >= 11 is 8.20. The van der Waals surface area contributed by atoms with Crippen molar-refractivity contribution in [2.45, 2.75) is 41.8 Å². The van der Waals surface area contributed by atoms with E-state index < -0.39 is 0 Å². The second-order valence-electron chi connectivity index (χ2n) is 4.92. The van der Waals surface area contributed by atoms with Gasteiger partial charge in [-0.05, 0) is 24.5 Å². The maximum Gasteiger partial charge on any atom is 0.0613 e. The molecule has 3 rings (SSSR count). The Kier molecular flexibility index (Phi) is 3.85. The summed E-state index contributed by atoms with van der Waals surface area (Å²) in [6.45, 7) is 3.05. The minimum Gasteiger partial charge on any atom is -0.271 e. The van der Waals surface area contributed by atoms with Gasteiger partial charge in [-0.1, -0.05) is 25.1 Å². The van der Waals surface area contributed by atoms with Crippen LogP contribution < -0.4 is 0 Å². The van der Waals surface area contributed by atoms with Crippen LogP contribution in [0.4, 0.5) is 0 Å². The number of rotatable bonds is 4. The zero-order chi connectivity index (χ0) is 13.2. The SMILES string of the molecule is CCC(Cl)c1cnn(CC2Cc3ccccc3S2)c1. The monoisotopic (exact) mass is 292 g/mol. The molecule has 2 unspecified atom stereocenters. The van der Waals surface area contributed by atoms with Gasteiger partial charge in [0.1, 0.15) is 0 Å². The van der Waals surface area contributed by atoms with Crippen molar-refractivity contribution in [1.82, 2.24) is 9.78 Å². The highest BCUT2D eigenvalue weighted by atomic mass is 35.5. The molecule has 0 radical (unpaired) electrons. The Labute approximate surface area is 123 Å². The molecule has 2 heterocycles. The summed E-state index contributed by atoms with van der Waals surface area (Å²) in [6, 6.07) is 8.66. The predicted molar refractivity (Wildman–Crippen MR) is 80.9 cm³/mol. The number of hydrogen-bond donors (Lipinski definition) is 0. The molecule has 0 bridgehead atoms. The molecule has 0 spiro atoms.